The number of ether oxygens (including phenoxy) is 1. The lowest BCUT2D eigenvalue weighted by Crippen LogP contribution is -2.21. The zero-order chi connectivity index (χ0) is 15.4. The number of hydrogen-bond acceptors (Lipinski definition) is 3. The Morgan fingerprint density at radius 1 is 1.38 bits per heavy atom. The third-order valence-electron chi connectivity index (χ3n) is 2.82. The Labute approximate surface area is 136 Å². The number of anilines is 2. The van der Waals surface area contributed by atoms with Crippen molar-refractivity contribution >= 4 is 44.8 Å². The number of carbonyl (C=O) groups is 1. The average molecular weight is 370 g/mol. The van der Waals surface area contributed by atoms with Crippen molar-refractivity contribution in [2.45, 2.75) is 6.92 Å². The lowest BCUT2D eigenvalue weighted by atomic mass is 10.1. The highest BCUT2D eigenvalue weighted by Gasteiger charge is 2.10. The van der Waals surface area contributed by atoms with Gasteiger partial charge >= 0.3 is 0 Å². The van der Waals surface area contributed by atoms with Gasteiger partial charge in [-0.3, -0.25) is 4.79 Å². The van der Waals surface area contributed by atoms with Crippen LogP contribution in [0.3, 0.4) is 0 Å². The van der Waals surface area contributed by atoms with Gasteiger partial charge in [-0.1, -0.05) is 39.7 Å². The van der Waals surface area contributed by atoms with Crippen LogP contribution < -0.4 is 15.8 Å². The summed E-state index contributed by atoms with van der Waals surface area (Å²) in [5, 5.41) is 3.18. The van der Waals surface area contributed by atoms with Crippen molar-refractivity contribution in [3.8, 4) is 5.75 Å². The van der Waals surface area contributed by atoms with Gasteiger partial charge in [0.1, 0.15) is 5.75 Å². The molecule has 0 aliphatic carbocycles. The first-order chi connectivity index (χ1) is 9.97. The van der Waals surface area contributed by atoms with E-state index in [0.29, 0.717) is 22.1 Å². The van der Waals surface area contributed by atoms with Gasteiger partial charge in [-0.05, 0) is 36.8 Å². The third kappa shape index (κ3) is 4.12. The molecule has 0 fully saturated rings. The standard InChI is InChI=1S/C15H14BrClN2O2/c1-9-3-2-4-12(18)15(9)19-14(20)8-21-13-7-10(16)5-6-11(13)17/h2-7H,8,18H2,1H3,(H,19,20). The molecule has 0 saturated heterocycles. The van der Waals surface area contributed by atoms with E-state index < -0.39 is 0 Å². The molecule has 0 aliphatic heterocycles. The van der Waals surface area contributed by atoms with E-state index in [2.05, 4.69) is 21.2 Å². The lowest BCUT2D eigenvalue weighted by molar-refractivity contribution is -0.118. The maximum absolute atomic E-state index is 11.9. The van der Waals surface area contributed by atoms with Gasteiger partial charge in [0.25, 0.3) is 5.91 Å². The van der Waals surface area contributed by atoms with E-state index in [-0.39, 0.29) is 12.5 Å². The van der Waals surface area contributed by atoms with Crippen molar-refractivity contribution in [2.24, 2.45) is 0 Å². The highest BCUT2D eigenvalue weighted by molar-refractivity contribution is 9.10. The van der Waals surface area contributed by atoms with E-state index in [1.54, 1.807) is 24.3 Å². The van der Waals surface area contributed by atoms with Crippen LogP contribution in [0.4, 0.5) is 11.4 Å². The van der Waals surface area contributed by atoms with Crippen LogP contribution in [0.5, 0.6) is 5.75 Å². The fraction of sp³-hybridized carbons (Fsp3) is 0.133. The zero-order valence-electron chi connectivity index (χ0n) is 11.3. The van der Waals surface area contributed by atoms with E-state index in [0.717, 1.165) is 10.0 Å². The Morgan fingerprint density at radius 3 is 2.86 bits per heavy atom. The average Bonchev–Trinajstić information content (AvgIpc) is 2.44. The minimum atomic E-state index is -0.299. The number of benzene rings is 2. The molecule has 0 saturated carbocycles. The van der Waals surface area contributed by atoms with Crippen LogP contribution in [0, 0.1) is 6.92 Å². The molecule has 3 N–H and O–H groups in total. The lowest BCUT2D eigenvalue weighted by Gasteiger charge is -2.12. The van der Waals surface area contributed by atoms with Gasteiger partial charge in [-0.2, -0.15) is 0 Å². The van der Waals surface area contributed by atoms with E-state index in [4.69, 9.17) is 22.1 Å². The van der Waals surface area contributed by atoms with Gasteiger partial charge in [0.05, 0.1) is 16.4 Å². The molecule has 21 heavy (non-hydrogen) atoms. The molecule has 0 unspecified atom stereocenters. The summed E-state index contributed by atoms with van der Waals surface area (Å²) in [4.78, 5) is 11.9. The van der Waals surface area contributed by atoms with Crippen LogP contribution in [0.15, 0.2) is 40.9 Å². The summed E-state index contributed by atoms with van der Waals surface area (Å²) >= 11 is 9.31. The molecule has 6 heteroatoms. The molecule has 0 bridgehead atoms. The number of aryl methyl sites for hydroxylation is 1. The van der Waals surface area contributed by atoms with Crippen molar-refractivity contribution < 1.29 is 9.53 Å². The third-order valence-corrected chi connectivity index (χ3v) is 3.63. The monoisotopic (exact) mass is 368 g/mol. The van der Waals surface area contributed by atoms with Crippen LogP contribution >= 0.6 is 27.5 Å². The molecule has 4 nitrogen and oxygen atoms in total. The number of nitrogens with two attached hydrogens (primary N) is 1. The van der Waals surface area contributed by atoms with Gasteiger partial charge < -0.3 is 15.8 Å². The number of amides is 1. The van der Waals surface area contributed by atoms with Gasteiger partial charge in [0.15, 0.2) is 6.61 Å². The molecule has 0 heterocycles. The SMILES string of the molecule is Cc1cccc(N)c1NC(=O)COc1cc(Br)ccc1Cl. The van der Waals surface area contributed by atoms with E-state index in [1.165, 1.54) is 0 Å². The number of carbonyl (C=O) groups excluding carboxylic acids is 1. The summed E-state index contributed by atoms with van der Waals surface area (Å²) in [6.45, 7) is 1.72. The topological polar surface area (TPSA) is 64.3 Å². The molecule has 2 aromatic rings. The van der Waals surface area contributed by atoms with Crippen LogP contribution in [0.1, 0.15) is 5.56 Å². The molecule has 0 radical (unpaired) electrons. The predicted molar refractivity (Wildman–Crippen MR) is 88.9 cm³/mol. The molecule has 0 aromatic heterocycles. The maximum atomic E-state index is 11.9. The molecule has 0 atom stereocenters. The maximum Gasteiger partial charge on any atom is 0.262 e. The number of nitrogens with one attached hydrogen (secondary N) is 1. The van der Waals surface area contributed by atoms with Crippen LogP contribution in [0.2, 0.25) is 5.02 Å². The second-order valence-electron chi connectivity index (χ2n) is 4.45. The summed E-state index contributed by atoms with van der Waals surface area (Å²) in [5.74, 6) is 0.144. The smallest absolute Gasteiger partial charge is 0.262 e. The molecule has 0 spiro atoms. The second kappa shape index (κ2) is 6.83. The first kappa shape index (κ1) is 15.7. The minimum Gasteiger partial charge on any atom is -0.482 e. The van der Waals surface area contributed by atoms with Crippen molar-refractivity contribution in [3.05, 3.63) is 51.5 Å². The number of rotatable bonds is 4. The normalized spacial score (nSPS) is 10.2. The van der Waals surface area contributed by atoms with Crippen LogP contribution in [0.25, 0.3) is 0 Å². The van der Waals surface area contributed by atoms with Crippen molar-refractivity contribution in [1.29, 1.82) is 0 Å². The summed E-state index contributed by atoms with van der Waals surface area (Å²) in [7, 11) is 0. The van der Waals surface area contributed by atoms with Crippen LogP contribution in [-0.4, -0.2) is 12.5 Å². The van der Waals surface area contributed by atoms with E-state index in [1.807, 2.05) is 19.1 Å². The molecule has 2 aromatic carbocycles. The summed E-state index contributed by atoms with van der Waals surface area (Å²) in [6, 6.07) is 10.6. The van der Waals surface area contributed by atoms with Gasteiger partial charge in [-0.15, -0.1) is 0 Å². The fourth-order valence-electron chi connectivity index (χ4n) is 1.77. The van der Waals surface area contributed by atoms with Crippen molar-refractivity contribution in [3.63, 3.8) is 0 Å². The Bertz CT molecular complexity index is 656. The number of para-hydroxylation sites is 1. The molecule has 1 amide bonds. The Morgan fingerprint density at radius 2 is 2.14 bits per heavy atom. The number of hydrogen-bond donors (Lipinski definition) is 2. The largest absolute Gasteiger partial charge is 0.482 e. The second-order valence-corrected chi connectivity index (χ2v) is 5.77. The molecule has 0 aliphatic rings. The Kier molecular flexibility index (Phi) is 5.09. The predicted octanol–water partition coefficient (Wildman–Crippen LogP) is 4.01. The molecule has 110 valence electrons. The first-order valence-corrected chi connectivity index (χ1v) is 7.37. The van der Waals surface area contributed by atoms with Crippen molar-refractivity contribution in [1.82, 2.24) is 0 Å². The summed E-state index contributed by atoms with van der Waals surface area (Å²) in [6.07, 6.45) is 0. The van der Waals surface area contributed by atoms with Gasteiger partial charge in [0, 0.05) is 4.47 Å². The van der Waals surface area contributed by atoms with Crippen LogP contribution in [-0.2, 0) is 4.79 Å². The van der Waals surface area contributed by atoms with E-state index >= 15 is 0 Å². The summed E-state index contributed by atoms with van der Waals surface area (Å²) in [5.41, 5.74) is 7.85. The zero-order valence-corrected chi connectivity index (χ0v) is 13.7. The fourth-order valence-corrected chi connectivity index (χ4v) is 2.28. The highest BCUT2D eigenvalue weighted by atomic mass is 79.9. The quantitative estimate of drug-likeness (QED) is 0.800. The van der Waals surface area contributed by atoms with Gasteiger partial charge in [-0.25, -0.2) is 0 Å². The Balaban J connectivity index is 2.01. The molecular weight excluding hydrogens is 356 g/mol. The summed E-state index contributed by atoms with van der Waals surface area (Å²) < 4.78 is 6.24. The van der Waals surface area contributed by atoms with E-state index in [9.17, 15) is 4.79 Å². The van der Waals surface area contributed by atoms with Gasteiger partial charge in [0.2, 0.25) is 0 Å². The number of halogens is 2. The molecular formula is C15H14BrClN2O2. The van der Waals surface area contributed by atoms with Crippen molar-refractivity contribution in [2.75, 3.05) is 17.7 Å². The Hall–Kier alpha value is -1.72. The number of nitrogen functional groups attached to an aromatic ring is 1. The highest BCUT2D eigenvalue weighted by Crippen LogP contribution is 2.28. The minimum absolute atomic E-state index is 0.149. The molecule has 2 rings (SSSR count). The first-order valence-electron chi connectivity index (χ1n) is 6.20.